The van der Waals surface area contributed by atoms with E-state index in [2.05, 4.69) is 54.6 Å². The summed E-state index contributed by atoms with van der Waals surface area (Å²) in [6.07, 6.45) is 1.85. The lowest BCUT2D eigenvalue weighted by Gasteiger charge is -2.35. The van der Waals surface area contributed by atoms with Gasteiger partial charge in [-0.05, 0) is 53.1 Å². The Balaban J connectivity index is 2.06. The topological polar surface area (TPSA) is 31.4 Å². The molecule has 0 bridgehead atoms. The Morgan fingerprint density at radius 1 is 0.552 bits per heavy atom. The van der Waals surface area contributed by atoms with Crippen LogP contribution in [-0.4, -0.2) is 19.2 Å². The molecule has 3 aromatic carbocycles. The van der Waals surface area contributed by atoms with Crippen LogP contribution in [0.15, 0.2) is 103 Å². The minimum Gasteiger partial charge on any atom is -0.497 e. The standard InChI is InChI=1S/C26H23NO2/c1-28-23-15-11-21(12-16-23)26(20-8-4-3-5-9-20,25-10-6-7-19-27-25)22-13-17-24(29-2)18-14-22/h3-19H,1-2H3. The molecule has 0 radical (unpaired) electrons. The number of ether oxygens (including phenoxy) is 2. The van der Waals surface area contributed by atoms with Gasteiger partial charge in [0.25, 0.3) is 0 Å². The van der Waals surface area contributed by atoms with E-state index in [0.29, 0.717) is 0 Å². The molecule has 0 unspecified atom stereocenters. The first-order valence-corrected chi connectivity index (χ1v) is 9.55. The molecule has 1 aromatic heterocycles. The number of hydrogen-bond donors (Lipinski definition) is 0. The molecule has 3 nitrogen and oxygen atoms in total. The van der Waals surface area contributed by atoms with Crippen LogP contribution in [0.2, 0.25) is 0 Å². The second kappa shape index (κ2) is 8.19. The monoisotopic (exact) mass is 381 g/mol. The van der Waals surface area contributed by atoms with E-state index in [1.54, 1.807) is 14.2 Å². The number of nitrogens with zero attached hydrogens (tertiary/aromatic N) is 1. The van der Waals surface area contributed by atoms with Crippen molar-refractivity contribution >= 4 is 0 Å². The molecule has 0 fully saturated rings. The maximum Gasteiger partial charge on any atom is 0.118 e. The van der Waals surface area contributed by atoms with Crippen LogP contribution in [0.3, 0.4) is 0 Å². The molecule has 0 aliphatic rings. The fourth-order valence-electron chi connectivity index (χ4n) is 3.90. The maximum absolute atomic E-state index is 5.40. The number of rotatable bonds is 6. The summed E-state index contributed by atoms with van der Waals surface area (Å²) in [4.78, 5) is 4.80. The van der Waals surface area contributed by atoms with E-state index in [-0.39, 0.29) is 0 Å². The second-order valence-corrected chi connectivity index (χ2v) is 6.79. The van der Waals surface area contributed by atoms with E-state index in [1.165, 1.54) is 0 Å². The Morgan fingerprint density at radius 2 is 1.03 bits per heavy atom. The Bertz CT molecular complexity index is 954. The quantitative estimate of drug-likeness (QED) is 0.414. The first-order chi connectivity index (χ1) is 14.3. The predicted octanol–water partition coefficient (Wildman–Crippen LogP) is 5.48. The van der Waals surface area contributed by atoms with Gasteiger partial charge < -0.3 is 9.47 Å². The van der Waals surface area contributed by atoms with E-state index >= 15 is 0 Å². The Labute approximate surface area is 171 Å². The summed E-state index contributed by atoms with van der Waals surface area (Å²) < 4.78 is 10.8. The molecule has 1 heterocycles. The molecule has 0 N–H and O–H groups in total. The number of pyridine rings is 1. The Kier molecular flexibility index (Phi) is 5.30. The second-order valence-electron chi connectivity index (χ2n) is 6.79. The van der Waals surface area contributed by atoms with Gasteiger partial charge in [-0.2, -0.15) is 0 Å². The number of hydrogen-bond acceptors (Lipinski definition) is 3. The highest BCUT2D eigenvalue weighted by molar-refractivity contribution is 5.58. The number of benzene rings is 3. The van der Waals surface area contributed by atoms with Gasteiger partial charge in [0.05, 0.1) is 25.3 Å². The molecule has 3 heteroatoms. The average molecular weight is 381 g/mol. The maximum atomic E-state index is 5.40. The first kappa shape index (κ1) is 18.8. The molecule has 0 aliphatic carbocycles. The van der Waals surface area contributed by atoms with Crippen molar-refractivity contribution in [3.8, 4) is 11.5 Å². The zero-order valence-electron chi connectivity index (χ0n) is 16.6. The fourth-order valence-corrected chi connectivity index (χ4v) is 3.90. The Morgan fingerprint density at radius 3 is 1.48 bits per heavy atom. The molecule has 4 aromatic rings. The lowest BCUT2D eigenvalue weighted by Crippen LogP contribution is -2.32. The Hall–Kier alpha value is -3.59. The minimum absolute atomic E-state index is 0.568. The van der Waals surface area contributed by atoms with Crippen molar-refractivity contribution in [2.75, 3.05) is 14.2 Å². The molecule has 0 saturated carbocycles. The van der Waals surface area contributed by atoms with E-state index in [0.717, 1.165) is 33.9 Å². The van der Waals surface area contributed by atoms with Crippen molar-refractivity contribution in [2.24, 2.45) is 0 Å². The van der Waals surface area contributed by atoms with Gasteiger partial charge in [0.1, 0.15) is 11.5 Å². The highest BCUT2D eigenvalue weighted by Gasteiger charge is 2.39. The van der Waals surface area contributed by atoms with Gasteiger partial charge in [0.15, 0.2) is 0 Å². The normalized spacial score (nSPS) is 11.1. The van der Waals surface area contributed by atoms with Crippen LogP contribution >= 0.6 is 0 Å². The fraction of sp³-hybridized carbons (Fsp3) is 0.115. The highest BCUT2D eigenvalue weighted by atomic mass is 16.5. The molecule has 4 rings (SSSR count). The van der Waals surface area contributed by atoms with Gasteiger partial charge in [-0.1, -0.05) is 60.7 Å². The summed E-state index contributed by atoms with van der Waals surface area (Å²) in [5.74, 6) is 1.65. The van der Waals surface area contributed by atoms with E-state index in [1.807, 2.05) is 48.7 Å². The summed E-state index contributed by atoms with van der Waals surface area (Å²) in [7, 11) is 3.36. The van der Waals surface area contributed by atoms with Crippen molar-refractivity contribution in [3.05, 3.63) is 126 Å². The molecule has 0 spiro atoms. The summed E-state index contributed by atoms with van der Waals surface area (Å²) in [5, 5.41) is 0. The van der Waals surface area contributed by atoms with Crippen molar-refractivity contribution < 1.29 is 9.47 Å². The molecule has 0 aliphatic heterocycles. The predicted molar refractivity (Wildman–Crippen MR) is 116 cm³/mol. The number of aromatic nitrogens is 1. The zero-order valence-corrected chi connectivity index (χ0v) is 16.6. The van der Waals surface area contributed by atoms with Gasteiger partial charge in [0.2, 0.25) is 0 Å². The van der Waals surface area contributed by atoms with Crippen LogP contribution in [0.25, 0.3) is 0 Å². The smallest absolute Gasteiger partial charge is 0.118 e. The lowest BCUT2D eigenvalue weighted by atomic mass is 9.67. The summed E-state index contributed by atoms with van der Waals surface area (Å²) in [6, 6.07) is 33.0. The van der Waals surface area contributed by atoms with Crippen LogP contribution in [0.5, 0.6) is 11.5 Å². The molecular formula is C26H23NO2. The van der Waals surface area contributed by atoms with Crippen molar-refractivity contribution in [2.45, 2.75) is 5.41 Å². The van der Waals surface area contributed by atoms with Crippen LogP contribution in [0.1, 0.15) is 22.4 Å². The summed E-state index contributed by atoms with van der Waals surface area (Å²) in [6.45, 7) is 0. The summed E-state index contributed by atoms with van der Waals surface area (Å²) in [5.41, 5.74) is 3.78. The van der Waals surface area contributed by atoms with Crippen molar-refractivity contribution in [3.63, 3.8) is 0 Å². The van der Waals surface area contributed by atoms with Crippen molar-refractivity contribution in [1.82, 2.24) is 4.98 Å². The average Bonchev–Trinajstić information content (AvgIpc) is 2.82. The zero-order chi connectivity index (χ0) is 20.1. The minimum atomic E-state index is -0.568. The third-order valence-corrected chi connectivity index (χ3v) is 5.30. The largest absolute Gasteiger partial charge is 0.497 e. The lowest BCUT2D eigenvalue weighted by molar-refractivity contribution is 0.414. The summed E-state index contributed by atoms with van der Waals surface area (Å²) >= 11 is 0. The molecule has 144 valence electrons. The third-order valence-electron chi connectivity index (χ3n) is 5.30. The first-order valence-electron chi connectivity index (χ1n) is 9.55. The van der Waals surface area contributed by atoms with Crippen molar-refractivity contribution in [1.29, 1.82) is 0 Å². The van der Waals surface area contributed by atoms with E-state index in [4.69, 9.17) is 14.5 Å². The van der Waals surface area contributed by atoms with Gasteiger partial charge in [-0.3, -0.25) is 4.98 Å². The third kappa shape index (κ3) is 3.36. The molecule has 0 atom stereocenters. The highest BCUT2D eigenvalue weighted by Crippen LogP contribution is 2.44. The van der Waals surface area contributed by atoms with Gasteiger partial charge in [-0.25, -0.2) is 0 Å². The van der Waals surface area contributed by atoms with E-state index in [9.17, 15) is 0 Å². The molecular weight excluding hydrogens is 358 g/mol. The molecule has 0 saturated heterocycles. The molecule has 0 amide bonds. The molecule has 29 heavy (non-hydrogen) atoms. The van der Waals surface area contributed by atoms with Gasteiger partial charge >= 0.3 is 0 Å². The van der Waals surface area contributed by atoms with Crippen LogP contribution < -0.4 is 9.47 Å². The van der Waals surface area contributed by atoms with Gasteiger partial charge in [-0.15, -0.1) is 0 Å². The van der Waals surface area contributed by atoms with Gasteiger partial charge in [0, 0.05) is 6.20 Å². The van der Waals surface area contributed by atoms with E-state index < -0.39 is 5.41 Å². The van der Waals surface area contributed by atoms with Crippen LogP contribution in [0, 0.1) is 0 Å². The number of methoxy groups -OCH3 is 2. The van der Waals surface area contributed by atoms with Crippen LogP contribution in [0.4, 0.5) is 0 Å². The SMILES string of the molecule is COc1ccc(C(c2ccccc2)(c2ccc(OC)cc2)c2ccccn2)cc1. The van der Waals surface area contributed by atoms with Crippen LogP contribution in [-0.2, 0) is 5.41 Å².